The fourth-order valence-electron chi connectivity index (χ4n) is 2.22. The minimum Gasteiger partial charge on any atom is -0.435 e. The minimum absolute atomic E-state index is 0.0397. The molecule has 0 saturated carbocycles. The number of nitrogens with zero attached hydrogens (tertiary/aromatic N) is 3. The third kappa shape index (κ3) is 4.40. The van der Waals surface area contributed by atoms with E-state index in [1.54, 1.807) is 18.5 Å². The topological polar surface area (TPSA) is 81.1 Å². The summed E-state index contributed by atoms with van der Waals surface area (Å²) in [6, 6.07) is 3.53. The van der Waals surface area contributed by atoms with Gasteiger partial charge < -0.3 is 15.4 Å². The van der Waals surface area contributed by atoms with Crippen molar-refractivity contribution in [1.82, 2.24) is 20.1 Å². The summed E-state index contributed by atoms with van der Waals surface area (Å²) in [5, 5.41) is 9.48. The molecular weight excluding hydrogens is 320 g/mol. The third-order valence-corrected chi connectivity index (χ3v) is 3.35. The average Bonchev–Trinajstić information content (AvgIpc) is 2.98. The van der Waals surface area contributed by atoms with E-state index in [2.05, 4.69) is 25.5 Å². The summed E-state index contributed by atoms with van der Waals surface area (Å²) in [6.45, 7) is 3.17. The summed E-state index contributed by atoms with van der Waals surface area (Å²) in [6.07, 6.45) is 1.43. The van der Waals surface area contributed by atoms with E-state index in [1.165, 1.54) is 24.5 Å². The lowest BCUT2D eigenvalue weighted by molar-refractivity contribution is -0.0498. The van der Waals surface area contributed by atoms with Crippen LogP contribution in [0.4, 0.5) is 19.3 Å². The number of nitrogens with one attached hydrogen (secondary N) is 2. The number of hydrogen-bond acceptors (Lipinski definition) is 4. The summed E-state index contributed by atoms with van der Waals surface area (Å²) in [7, 11) is 0. The van der Waals surface area contributed by atoms with Crippen LogP contribution >= 0.6 is 0 Å². The van der Waals surface area contributed by atoms with Crippen LogP contribution in [0.3, 0.4) is 0 Å². The maximum atomic E-state index is 12.2. The highest BCUT2D eigenvalue weighted by Crippen LogP contribution is 2.22. The minimum atomic E-state index is -2.89. The number of amides is 2. The molecule has 1 atom stereocenters. The van der Waals surface area contributed by atoms with Gasteiger partial charge in [0, 0.05) is 12.2 Å². The maximum Gasteiger partial charge on any atom is 0.387 e. The molecule has 2 amide bonds. The Hall–Kier alpha value is -2.71. The zero-order valence-electron chi connectivity index (χ0n) is 13.6. The van der Waals surface area contributed by atoms with E-state index in [1.807, 2.05) is 6.92 Å². The van der Waals surface area contributed by atoms with Gasteiger partial charge in [-0.3, -0.25) is 0 Å². The predicted molar refractivity (Wildman–Crippen MR) is 84.1 cm³/mol. The van der Waals surface area contributed by atoms with E-state index in [4.69, 9.17) is 0 Å². The Balaban J connectivity index is 1.99. The lowest BCUT2D eigenvalue weighted by Crippen LogP contribution is -2.32. The van der Waals surface area contributed by atoms with Crippen LogP contribution in [0.2, 0.25) is 0 Å². The quantitative estimate of drug-likeness (QED) is 0.847. The summed E-state index contributed by atoms with van der Waals surface area (Å²) < 4.78 is 30.4. The van der Waals surface area contributed by atoms with Gasteiger partial charge in [0.15, 0.2) is 0 Å². The molecular formula is C15H19F2N5O2. The molecule has 1 unspecified atom stereocenters. The number of ether oxygens (including phenoxy) is 1. The Morgan fingerprint density at radius 3 is 2.79 bits per heavy atom. The van der Waals surface area contributed by atoms with E-state index < -0.39 is 12.6 Å². The van der Waals surface area contributed by atoms with Gasteiger partial charge in [0.2, 0.25) is 0 Å². The van der Waals surface area contributed by atoms with Crippen LogP contribution in [-0.2, 0) is 6.54 Å². The molecule has 0 saturated heterocycles. The van der Waals surface area contributed by atoms with Crippen LogP contribution in [-0.4, -0.2) is 27.4 Å². The first-order chi connectivity index (χ1) is 11.4. The van der Waals surface area contributed by atoms with Crippen LogP contribution in [0.25, 0.3) is 0 Å². The predicted octanol–water partition coefficient (Wildman–Crippen LogP) is 3.09. The van der Waals surface area contributed by atoms with Crippen molar-refractivity contribution in [2.45, 2.75) is 40.0 Å². The van der Waals surface area contributed by atoms with E-state index in [0.29, 0.717) is 23.6 Å². The average molecular weight is 339 g/mol. The molecule has 9 heteroatoms. The van der Waals surface area contributed by atoms with Crippen molar-refractivity contribution < 1.29 is 18.3 Å². The molecule has 0 spiro atoms. The Kier molecular flexibility index (Phi) is 5.67. The van der Waals surface area contributed by atoms with Gasteiger partial charge in [-0.2, -0.15) is 13.9 Å². The smallest absolute Gasteiger partial charge is 0.387 e. The highest BCUT2D eigenvalue weighted by molar-refractivity contribution is 5.90. The molecule has 0 radical (unpaired) electrons. The van der Waals surface area contributed by atoms with Crippen LogP contribution in [0.15, 0.2) is 24.5 Å². The van der Waals surface area contributed by atoms with Gasteiger partial charge in [-0.05, 0) is 44.5 Å². The summed E-state index contributed by atoms with van der Waals surface area (Å²) in [4.78, 5) is 16.2. The van der Waals surface area contributed by atoms with Crippen molar-refractivity contribution in [2.75, 3.05) is 5.32 Å². The number of carbonyl (C=O) groups excluding carboxylic acids is 1. The van der Waals surface area contributed by atoms with Gasteiger partial charge in [0.05, 0.1) is 6.04 Å². The number of benzene rings is 1. The van der Waals surface area contributed by atoms with Crippen LogP contribution in [0, 0.1) is 6.92 Å². The van der Waals surface area contributed by atoms with Crippen molar-refractivity contribution in [3.8, 4) is 5.75 Å². The molecule has 0 aliphatic heterocycles. The standard InChI is InChI=1S/C15H19F2N5O2/c1-4-22-13(18-8-19-22)10(3)20-15(23)21-12-6-5-11(7-9(12)2)24-14(16)17/h5-8,10,14H,4H2,1-3H3,(H2,20,21,23). The number of halogens is 2. The van der Waals surface area contributed by atoms with Gasteiger partial charge in [-0.1, -0.05) is 0 Å². The molecule has 24 heavy (non-hydrogen) atoms. The molecule has 7 nitrogen and oxygen atoms in total. The fourth-order valence-corrected chi connectivity index (χ4v) is 2.22. The summed E-state index contributed by atoms with van der Waals surface area (Å²) in [5.74, 6) is 0.683. The fraction of sp³-hybridized carbons (Fsp3) is 0.400. The lowest BCUT2D eigenvalue weighted by Gasteiger charge is -2.16. The van der Waals surface area contributed by atoms with Crippen LogP contribution < -0.4 is 15.4 Å². The third-order valence-electron chi connectivity index (χ3n) is 3.35. The Labute approximate surface area is 138 Å². The first-order valence-corrected chi connectivity index (χ1v) is 7.41. The lowest BCUT2D eigenvalue weighted by atomic mass is 10.2. The monoisotopic (exact) mass is 339 g/mol. The van der Waals surface area contributed by atoms with Crippen molar-refractivity contribution in [1.29, 1.82) is 0 Å². The first-order valence-electron chi connectivity index (χ1n) is 7.41. The van der Waals surface area contributed by atoms with Gasteiger partial charge in [0.1, 0.15) is 17.9 Å². The number of aryl methyl sites for hydroxylation is 2. The molecule has 1 aromatic heterocycles. The molecule has 2 N–H and O–H groups in total. The van der Waals surface area contributed by atoms with Gasteiger partial charge in [0.25, 0.3) is 0 Å². The molecule has 1 heterocycles. The second-order valence-corrected chi connectivity index (χ2v) is 5.11. The number of carbonyl (C=O) groups is 1. The molecule has 0 aliphatic carbocycles. The van der Waals surface area contributed by atoms with Gasteiger partial charge >= 0.3 is 12.6 Å². The van der Waals surface area contributed by atoms with Gasteiger partial charge in [-0.15, -0.1) is 0 Å². The highest BCUT2D eigenvalue weighted by atomic mass is 19.3. The number of hydrogen-bond donors (Lipinski definition) is 2. The molecule has 2 rings (SSSR count). The number of anilines is 1. The van der Waals surface area contributed by atoms with E-state index >= 15 is 0 Å². The molecule has 1 aromatic carbocycles. The van der Waals surface area contributed by atoms with E-state index in [-0.39, 0.29) is 11.8 Å². The summed E-state index contributed by atoms with van der Waals surface area (Å²) in [5.41, 5.74) is 1.10. The Bertz CT molecular complexity index is 705. The first kappa shape index (κ1) is 17.6. The van der Waals surface area contributed by atoms with E-state index in [9.17, 15) is 13.6 Å². The molecule has 0 bridgehead atoms. The number of urea groups is 1. The van der Waals surface area contributed by atoms with Crippen LogP contribution in [0.5, 0.6) is 5.75 Å². The second-order valence-electron chi connectivity index (χ2n) is 5.11. The van der Waals surface area contributed by atoms with Crippen molar-refractivity contribution >= 4 is 11.7 Å². The van der Waals surface area contributed by atoms with Gasteiger partial charge in [-0.25, -0.2) is 14.5 Å². The molecule has 0 aliphatic rings. The number of alkyl halides is 2. The second kappa shape index (κ2) is 7.71. The zero-order valence-corrected chi connectivity index (χ0v) is 13.6. The molecule has 2 aromatic rings. The SMILES string of the molecule is CCn1ncnc1C(C)NC(=O)Nc1ccc(OC(F)F)cc1C. The van der Waals surface area contributed by atoms with Crippen LogP contribution in [0.1, 0.15) is 31.3 Å². The number of rotatable bonds is 6. The normalized spacial score (nSPS) is 12.1. The molecule has 130 valence electrons. The van der Waals surface area contributed by atoms with Crippen molar-refractivity contribution in [3.05, 3.63) is 35.9 Å². The van der Waals surface area contributed by atoms with E-state index in [0.717, 1.165) is 0 Å². The van der Waals surface area contributed by atoms with Crippen molar-refractivity contribution in [2.24, 2.45) is 0 Å². The molecule has 0 fully saturated rings. The highest BCUT2D eigenvalue weighted by Gasteiger charge is 2.15. The summed E-state index contributed by atoms with van der Waals surface area (Å²) >= 11 is 0. The maximum absolute atomic E-state index is 12.2. The number of aromatic nitrogens is 3. The zero-order chi connectivity index (χ0) is 17.7. The van der Waals surface area contributed by atoms with Crippen molar-refractivity contribution in [3.63, 3.8) is 0 Å². The largest absolute Gasteiger partial charge is 0.435 e. The Morgan fingerprint density at radius 1 is 1.42 bits per heavy atom. The Morgan fingerprint density at radius 2 is 2.17 bits per heavy atom.